The smallest absolute Gasteiger partial charge is 0.227 e. The van der Waals surface area contributed by atoms with Gasteiger partial charge in [0.2, 0.25) is 5.89 Å². The van der Waals surface area contributed by atoms with Crippen molar-refractivity contribution in [1.29, 1.82) is 0 Å². The molecule has 3 heteroatoms. The minimum atomic E-state index is 0.689. The Morgan fingerprint density at radius 3 is 2.61 bits per heavy atom. The molecule has 0 aliphatic carbocycles. The standard InChI is InChI=1S/C15H12INO/c1-2-10-3-8-14-13(9-10)17-15(18-14)11-4-6-12(16)7-5-11/h3-9H,2H2,1H3. The summed E-state index contributed by atoms with van der Waals surface area (Å²) in [5, 5.41) is 0. The summed E-state index contributed by atoms with van der Waals surface area (Å²) in [7, 11) is 0. The molecule has 0 saturated heterocycles. The number of oxazole rings is 1. The van der Waals surface area contributed by atoms with Gasteiger partial charge in [0.25, 0.3) is 0 Å². The first-order valence-electron chi connectivity index (χ1n) is 5.91. The number of aryl methyl sites for hydroxylation is 1. The van der Waals surface area contributed by atoms with Crippen molar-refractivity contribution in [1.82, 2.24) is 4.98 Å². The van der Waals surface area contributed by atoms with E-state index in [0.717, 1.165) is 23.1 Å². The van der Waals surface area contributed by atoms with E-state index in [-0.39, 0.29) is 0 Å². The molecule has 2 aromatic carbocycles. The van der Waals surface area contributed by atoms with E-state index in [1.807, 2.05) is 18.2 Å². The lowest BCUT2D eigenvalue weighted by molar-refractivity contribution is 0.620. The number of hydrogen-bond donors (Lipinski definition) is 0. The molecule has 18 heavy (non-hydrogen) atoms. The molecule has 0 fully saturated rings. The van der Waals surface area contributed by atoms with Crippen LogP contribution in [0.25, 0.3) is 22.6 Å². The molecular formula is C15H12INO. The predicted octanol–water partition coefficient (Wildman–Crippen LogP) is 4.66. The number of fused-ring (bicyclic) bond motifs is 1. The molecule has 1 aromatic heterocycles. The van der Waals surface area contributed by atoms with Crippen molar-refractivity contribution in [3.05, 3.63) is 51.6 Å². The van der Waals surface area contributed by atoms with Gasteiger partial charge in [-0.15, -0.1) is 0 Å². The van der Waals surface area contributed by atoms with E-state index in [9.17, 15) is 0 Å². The third-order valence-corrected chi connectivity index (χ3v) is 3.67. The molecule has 0 bridgehead atoms. The lowest BCUT2D eigenvalue weighted by Gasteiger charge is -1.94. The van der Waals surface area contributed by atoms with E-state index in [2.05, 4.69) is 58.8 Å². The van der Waals surface area contributed by atoms with E-state index >= 15 is 0 Å². The molecule has 3 rings (SSSR count). The summed E-state index contributed by atoms with van der Waals surface area (Å²) < 4.78 is 6.99. The maximum atomic E-state index is 5.78. The van der Waals surface area contributed by atoms with Gasteiger partial charge in [0.1, 0.15) is 5.52 Å². The summed E-state index contributed by atoms with van der Waals surface area (Å²) in [5.41, 5.74) is 4.08. The van der Waals surface area contributed by atoms with E-state index in [4.69, 9.17) is 4.42 Å². The first-order chi connectivity index (χ1) is 8.76. The first-order valence-corrected chi connectivity index (χ1v) is 6.99. The van der Waals surface area contributed by atoms with Crippen molar-refractivity contribution < 1.29 is 4.42 Å². The Bertz CT molecular complexity index is 685. The van der Waals surface area contributed by atoms with E-state index in [0.29, 0.717) is 5.89 Å². The van der Waals surface area contributed by atoms with Gasteiger partial charge < -0.3 is 4.42 Å². The Balaban J connectivity index is 2.10. The van der Waals surface area contributed by atoms with Crippen LogP contribution in [-0.2, 0) is 6.42 Å². The lowest BCUT2D eigenvalue weighted by atomic mass is 10.1. The van der Waals surface area contributed by atoms with Crippen molar-refractivity contribution in [2.75, 3.05) is 0 Å². The molecule has 0 N–H and O–H groups in total. The summed E-state index contributed by atoms with van der Waals surface area (Å²) in [6.07, 6.45) is 1.02. The zero-order chi connectivity index (χ0) is 12.5. The fourth-order valence-electron chi connectivity index (χ4n) is 1.91. The molecule has 0 aliphatic heterocycles. The average molecular weight is 349 g/mol. The van der Waals surface area contributed by atoms with Gasteiger partial charge >= 0.3 is 0 Å². The number of aromatic nitrogens is 1. The highest BCUT2D eigenvalue weighted by Crippen LogP contribution is 2.25. The van der Waals surface area contributed by atoms with Crippen molar-refractivity contribution >= 4 is 33.7 Å². The Morgan fingerprint density at radius 2 is 1.89 bits per heavy atom. The van der Waals surface area contributed by atoms with Crippen LogP contribution in [-0.4, -0.2) is 4.98 Å². The van der Waals surface area contributed by atoms with Crippen molar-refractivity contribution in [3.63, 3.8) is 0 Å². The monoisotopic (exact) mass is 349 g/mol. The maximum Gasteiger partial charge on any atom is 0.227 e. The van der Waals surface area contributed by atoms with Gasteiger partial charge in [-0.05, 0) is 71.0 Å². The second kappa shape index (κ2) is 4.72. The molecule has 0 radical (unpaired) electrons. The summed E-state index contributed by atoms with van der Waals surface area (Å²) in [5.74, 6) is 0.689. The Hall–Kier alpha value is -1.36. The van der Waals surface area contributed by atoms with Gasteiger partial charge in [-0.3, -0.25) is 0 Å². The van der Waals surface area contributed by atoms with Crippen LogP contribution in [0.3, 0.4) is 0 Å². The zero-order valence-corrected chi connectivity index (χ0v) is 12.1. The van der Waals surface area contributed by atoms with Gasteiger partial charge in [-0.1, -0.05) is 13.0 Å². The normalized spacial score (nSPS) is 11.0. The molecular weight excluding hydrogens is 337 g/mol. The number of rotatable bonds is 2. The van der Waals surface area contributed by atoms with Gasteiger partial charge in [-0.2, -0.15) is 0 Å². The van der Waals surface area contributed by atoms with Crippen LogP contribution in [0, 0.1) is 3.57 Å². The molecule has 0 spiro atoms. The highest BCUT2D eigenvalue weighted by Gasteiger charge is 2.08. The third kappa shape index (κ3) is 2.14. The third-order valence-electron chi connectivity index (χ3n) is 2.95. The van der Waals surface area contributed by atoms with E-state index < -0.39 is 0 Å². The molecule has 2 nitrogen and oxygen atoms in total. The number of nitrogens with zero attached hydrogens (tertiary/aromatic N) is 1. The summed E-state index contributed by atoms with van der Waals surface area (Å²) >= 11 is 2.29. The van der Waals surface area contributed by atoms with Crippen LogP contribution < -0.4 is 0 Å². The fourth-order valence-corrected chi connectivity index (χ4v) is 2.27. The molecule has 0 unspecified atom stereocenters. The highest BCUT2D eigenvalue weighted by atomic mass is 127. The van der Waals surface area contributed by atoms with Crippen LogP contribution in [0.2, 0.25) is 0 Å². The summed E-state index contributed by atoms with van der Waals surface area (Å²) in [6, 6.07) is 14.4. The number of hydrogen-bond acceptors (Lipinski definition) is 2. The molecule has 0 saturated carbocycles. The predicted molar refractivity (Wildman–Crippen MR) is 81.5 cm³/mol. The molecule has 90 valence electrons. The van der Waals surface area contributed by atoms with Crippen LogP contribution in [0.4, 0.5) is 0 Å². The topological polar surface area (TPSA) is 26.0 Å². The summed E-state index contributed by atoms with van der Waals surface area (Å²) in [4.78, 5) is 4.55. The van der Waals surface area contributed by atoms with E-state index in [1.54, 1.807) is 0 Å². The van der Waals surface area contributed by atoms with Crippen LogP contribution in [0.1, 0.15) is 12.5 Å². The van der Waals surface area contributed by atoms with Gasteiger partial charge in [0, 0.05) is 9.13 Å². The van der Waals surface area contributed by atoms with Gasteiger partial charge in [0.15, 0.2) is 5.58 Å². The summed E-state index contributed by atoms with van der Waals surface area (Å²) in [6.45, 7) is 2.14. The molecule has 1 heterocycles. The highest BCUT2D eigenvalue weighted by molar-refractivity contribution is 14.1. The number of benzene rings is 2. The largest absolute Gasteiger partial charge is 0.436 e. The second-order valence-electron chi connectivity index (χ2n) is 4.18. The molecule has 3 aromatic rings. The van der Waals surface area contributed by atoms with Crippen molar-refractivity contribution in [3.8, 4) is 11.5 Å². The SMILES string of the molecule is CCc1ccc2oc(-c3ccc(I)cc3)nc2c1. The van der Waals surface area contributed by atoms with Gasteiger partial charge in [-0.25, -0.2) is 4.98 Å². The van der Waals surface area contributed by atoms with Crippen molar-refractivity contribution in [2.45, 2.75) is 13.3 Å². The minimum Gasteiger partial charge on any atom is -0.436 e. The van der Waals surface area contributed by atoms with Crippen LogP contribution in [0.15, 0.2) is 46.9 Å². The quantitative estimate of drug-likeness (QED) is 0.629. The first kappa shape index (κ1) is 11.7. The molecule has 0 atom stereocenters. The Labute approximate surface area is 119 Å². The van der Waals surface area contributed by atoms with Crippen LogP contribution in [0.5, 0.6) is 0 Å². The second-order valence-corrected chi connectivity index (χ2v) is 5.43. The van der Waals surface area contributed by atoms with Crippen molar-refractivity contribution in [2.24, 2.45) is 0 Å². The molecule has 0 amide bonds. The van der Waals surface area contributed by atoms with E-state index in [1.165, 1.54) is 9.13 Å². The average Bonchev–Trinajstić information content (AvgIpc) is 2.82. The molecule has 0 aliphatic rings. The number of halogens is 1. The Morgan fingerprint density at radius 1 is 1.11 bits per heavy atom. The lowest BCUT2D eigenvalue weighted by Crippen LogP contribution is -1.79. The maximum absolute atomic E-state index is 5.78. The fraction of sp³-hybridized carbons (Fsp3) is 0.133. The van der Waals surface area contributed by atoms with Crippen LogP contribution >= 0.6 is 22.6 Å². The zero-order valence-electron chi connectivity index (χ0n) is 9.98. The Kier molecular flexibility index (Phi) is 3.07. The minimum absolute atomic E-state index is 0.689. The van der Waals surface area contributed by atoms with Gasteiger partial charge in [0.05, 0.1) is 0 Å².